The maximum Gasteiger partial charge on any atom is 0.224 e. The molecule has 0 atom stereocenters. The third kappa shape index (κ3) is 4.90. The number of nitrogens with one attached hydrogen (secondary N) is 1. The van der Waals surface area contributed by atoms with Crippen molar-refractivity contribution in [2.24, 2.45) is 0 Å². The number of benzene rings is 2. The normalized spacial score (nSPS) is 10.6. The van der Waals surface area contributed by atoms with Crippen LogP contribution < -0.4 is 5.32 Å². The van der Waals surface area contributed by atoms with Crippen molar-refractivity contribution in [1.82, 2.24) is 19.9 Å². The zero-order valence-electron chi connectivity index (χ0n) is 14.2. The molecule has 0 radical (unpaired) electrons. The van der Waals surface area contributed by atoms with Gasteiger partial charge in [0.05, 0.1) is 28.0 Å². The molecule has 0 unspecified atom stereocenters. The lowest BCUT2D eigenvalue weighted by atomic mass is 10.2. The number of nitrogens with zero attached hydrogens (tertiary/aromatic N) is 4. The first-order valence-corrected chi connectivity index (χ1v) is 9.55. The van der Waals surface area contributed by atoms with Crippen molar-refractivity contribution in [2.75, 3.05) is 18.5 Å². The molecule has 28 heavy (non-hydrogen) atoms. The van der Waals surface area contributed by atoms with Crippen LogP contribution in [0.3, 0.4) is 0 Å². The Labute approximate surface area is 180 Å². The van der Waals surface area contributed by atoms with E-state index in [0.717, 1.165) is 10.9 Å². The second kappa shape index (κ2) is 9.49. The molecule has 0 fully saturated rings. The van der Waals surface area contributed by atoms with E-state index >= 15 is 0 Å². The highest BCUT2D eigenvalue weighted by Gasteiger charge is 2.07. The molecule has 0 bridgehead atoms. The summed E-state index contributed by atoms with van der Waals surface area (Å²) in [6.45, 7) is 0.493. The molecule has 10 heteroatoms. The van der Waals surface area contributed by atoms with E-state index in [1.165, 1.54) is 0 Å². The molecule has 0 aliphatic heterocycles. The summed E-state index contributed by atoms with van der Waals surface area (Å²) in [4.78, 5) is 15.9. The SMILES string of the molecule is Clc1nc(Cl)c2c(Cl)cccc2n1.OCCNc1nc(Cl)nc2ccccc12. The number of aromatic nitrogens is 4. The van der Waals surface area contributed by atoms with E-state index in [4.69, 9.17) is 51.5 Å². The molecule has 0 spiro atoms. The van der Waals surface area contributed by atoms with Gasteiger partial charge in [-0.2, -0.15) is 0 Å². The number of rotatable bonds is 3. The van der Waals surface area contributed by atoms with Gasteiger partial charge in [-0.1, -0.05) is 41.4 Å². The van der Waals surface area contributed by atoms with Crippen LogP contribution >= 0.6 is 46.4 Å². The zero-order chi connectivity index (χ0) is 20.1. The Bertz CT molecular complexity index is 1130. The van der Waals surface area contributed by atoms with Crippen LogP contribution in [-0.2, 0) is 0 Å². The first-order valence-electron chi connectivity index (χ1n) is 8.04. The number of fused-ring (bicyclic) bond motifs is 2. The predicted molar refractivity (Wildman–Crippen MR) is 115 cm³/mol. The summed E-state index contributed by atoms with van der Waals surface area (Å²) in [6, 6.07) is 12.9. The number of halogens is 4. The molecule has 2 aromatic heterocycles. The molecule has 0 aliphatic carbocycles. The van der Waals surface area contributed by atoms with Crippen molar-refractivity contribution in [3.63, 3.8) is 0 Å². The molecule has 0 saturated carbocycles. The molecular formula is C18H13Cl4N5O. The third-order valence-corrected chi connectivity index (χ3v) is 4.51. The fourth-order valence-corrected chi connectivity index (χ4v) is 3.41. The van der Waals surface area contributed by atoms with Gasteiger partial charge in [-0.3, -0.25) is 0 Å². The van der Waals surface area contributed by atoms with Gasteiger partial charge in [0.1, 0.15) is 11.0 Å². The number of hydrogen-bond donors (Lipinski definition) is 2. The Kier molecular flexibility index (Phi) is 7.04. The standard InChI is InChI=1S/C10H10ClN3O.C8H3Cl3N2/c11-10-13-8-4-2-1-3-7(8)9(14-10)12-5-6-15;9-4-2-1-3-5-6(4)7(10)13-8(11)12-5/h1-4,15H,5-6H2,(H,12,13,14);1-3H. The molecule has 2 N–H and O–H groups in total. The average molecular weight is 457 g/mol. The van der Waals surface area contributed by atoms with E-state index in [-0.39, 0.29) is 22.3 Å². The van der Waals surface area contributed by atoms with Gasteiger partial charge in [0.2, 0.25) is 10.6 Å². The summed E-state index contributed by atoms with van der Waals surface area (Å²) in [7, 11) is 0. The summed E-state index contributed by atoms with van der Waals surface area (Å²) in [5.74, 6) is 0.652. The van der Waals surface area contributed by atoms with Crippen molar-refractivity contribution in [3.8, 4) is 0 Å². The van der Waals surface area contributed by atoms with E-state index in [1.807, 2.05) is 24.3 Å². The molecule has 4 rings (SSSR count). The lowest BCUT2D eigenvalue weighted by Crippen LogP contribution is -2.07. The lowest BCUT2D eigenvalue weighted by Gasteiger charge is -2.07. The fourth-order valence-electron chi connectivity index (χ4n) is 2.43. The van der Waals surface area contributed by atoms with Gasteiger partial charge in [0.15, 0.2) is 0 Å². The molecule has 0 aliphatic rings. The first-order chi connectivity index (χ1) is 13.5. The van der Waals surface area contributed by atoms with Gasteiger partial charge in [0.25, 0.3) is 0 Å². The monoisotopic (exact) mass is 455 g/mol. The highest BCUT2D eigenvalue weighted by Crippen LogP contribution is 2.28. The minimum atomic E-state index is 0.0515. The maximum absolute atomic E-state index is 8.73. The Balaban J connectivity index is 0.000000162. The van der Waals surface area contributed by atoms with Crippen LogP contribution in [0.5, 0.6) is 0 Å². The number of hydrogen-bond acceptors (Lipinski definition) is 6. The Morgan fingerprint density at radius 1 is 0.786 bits per heavy atom. The van der Waals surface area contributed by atoms with Crippen LogP contribution in [0, 0.1) is 0 Å². The summed E-state index contributed by atoms with van der Waals surface area (Å²) in [6.07, 6.45) is 0. The van der Waals surface area contributed by atoms with E-state index < -0.39 is 0 Å². The van der Waals surface area contributed by atoms with Crippen LogP contribution in [0.2, 0.25) is 20.7 Å². The molecule has 0 amide bonds. The van der Waals surface area contributed by atoms with Crippen LogP contribution in [-0.4, -0.2) is 38.2 Å². The van der Waals surface area contributed by atoms with E-state index in [2.05, 4.69) is 25.3 Å². The van der Waals surface area contributed by atoms with Crippen molar-refractivity contribution < 1.29 is 5.11 Å². The highest BCUT2D eigenvalue weighted by atomic mass is 35.5. The van der Waals surface area contributed by atoms with Gasteiger partial charge in [-0.05, 0) is 47.5 Å². The largest absolute Gasteiger partial charge is 0.395 e. The van der Waals surface area contributed by atoms with Crippen LogP contribution in [0.4, 0.5) is 5.82 Å². The summed E-state index contributed by atoms with van der Waals surface area (Å²) < 4.78 is 0. The molecule has 4 aromatic rings. The second-order valence-electron chi connectivity index (χ2n) is 5.43. The van der Waals surface area contributed by atoms with Gasteiger partial charge < -0.3 is 10.4 Å². The molecule has 2 aromatic carbocycles. The van der Waals surface area contributed by atoms with Crippen molar-refractivity contribution in [2.45, 2.75) is 0 Å². The van der Waals surface area contributed by atoms with Gasteiger partial charge in [-0.25, -0.2) is 19.9 Å². The Morgan fingerprint density at radius 2 is 1.46 bits per heavy atom. The van der Waals surface area contributed by atoms with Crippen LogP contribution in [0.15, 0.2) is 42.5 Å². The zero-order valence-corrected chi connectivity index (χ0v) is 17.2. The quantitative estimate of drug-likeness (QED) is 0.322. The number of aliphatic hydroxyl groups is 1. The summed E-state index contributed by atoms with van der Waals surface area (Å²) in [5.41, 5.74) is 1.44. The predicted octanol–water partition coefficient (Wildman–Crippen LogP) is 5.28. The van der Waals surface area contributed by atoms with E-state index in [0.29, 0.717) is 28.3 Å². The minimum absolute atomic E-state index is 0.0515. The highest BCUT2D eigenvalue weighted by molar-refractivity contribution is 6.42. The molecule has 0 saturated heterocycles. The van der Waals surface area contributed by atoms with Crippen molar-refractivity contribution >= 4 is 74.0 Å². The van der Waals surface area contributed by atoms with Crippen LogP contribution in [0.25, 0.3) is 21.8 Å². The second-order valence-corrected chi connectivity index (χ2v) is 6.87. The molecule has 2 heterocycles. The summed E-state index contributed by atoms with van der Waals surface area (Å²) >= 11 is 23.2. The molecule has 144 valence electrons. The average Bonchev–Trinajstić information content (AvgIpc) is 2.66. The molecular weight excluding hydrogens is 444 g/mol. The number of para-hydroxylation sites is 1. The number of aliphatic hydroxyl groups excluding tert-OH is 1. The Hall–Kier alpha value is -1.96. The first kappa shape index (κ1) is 20.8. The van der Waals surface area contributed by atoms with Crippen molar-refractivity contribution in [3.05, 3.63) is 63.2 Å². The lowest BCUT2D eigenvalue weighted by molar-refractivity contribution is 0.311. The summed E-state index contributed by atoms with van der Waals surface area (Å²) in [5, 5.41) is 14.4. The van der Waals surface area contributed by atoms with Gasteiger partial charge >= 0.3 is 0 Å². The molecule has 6 nitrogen and oxygen atoms in total. The number of anilines is 1. The van der Waals surface area contributed by atoms with E-state index in [1.54, 1.807) is 18.2 Å². The van der Waals surface area contributed by atoms with Gasteiger partial charge in [0, 0.05) is 11.9 Å². The maximum atomic E-state index is 8.73. The van der Waals surface area contributed by atoms with E-state index in [9.17, 15) is 0 Å². The van der Waals surface area contributed by atoms with Crippen LogP contribution in [0.1, 0.15) is 0 Å². The topological polar surface area (TPSA) is 83.8 Å². The minimum Gasteiger partial charge on any atom is -0.395 e. The Morgan fingerprint density at radius 3 is 2.25 bits per heavy atom. The van der Waals surface area contributed by atoms with Crippen molar-refractivity contribution in [1.29, 1.82) is 0 Å². The fraction of sp³-hybridized carbons (Fsp3) is 0.111. The third-order valence-electron chi connectivity index (χ3n) is 3.58. The smallest absolute Gasteiger partial charge is 0.224 e. The van der Waals surface area contributed by atoms with Gasteiger partial charge in [-0.15, -0.1) is 0 Å².